The summed E-state index contributed by atoms with van der Waals surface area (Å²) < 4.78 is 3.54. The van der Waals surface area contributed by atoms with Crippen LogP contribution in [0.25, 0.3) is 16.9 Å². The van der Waals surface area contributed by atoms with Gasteiger partial charge in [0.1, 0.15) is 0 Å². The van der Waals surface area contributed by atoms with E-state index in [0.29, 0.717) is 12.2 Å². The third-order valence-corrected chi connectivity index (χ3v) is 5.63. The monoisotopic (exact) mass is 375 g/mol. The molecule has 0 aliphatic heterocycles. The lowest BCUT2D eigenvalue weighted by atomic mass is 10.1. The van der Waals surface area contributed by atoms with Crippen molar-refractivity contribution in [1.82, 2.24) is 24.4 Å². The summed E-state index contributed by atoms with van der Waals surface area (Å²) in [5, 5.41) is 7.83. The summed E-state index contributed by atoms with van der Waals surface area (Å²) in [4.78, 5) is 17.6. The zero-order valence-corrected chi connectivity index (χ0v) is 16.9. The Hall–Kier alpha value is -3.15. The standard InChI is InChI=1S/C22H25N5O/c1-13(12-26-17(5)14(2)16(4)24-26)19-11-20(28)27-22(23-19)15(3)21(25-27)18-9-7-6-8-10-18/h6-11,13,25H,12H2,1-5H3. The molecule has 6 heteroatoms. The highest BCUT2D eigenvalue weighted by Gasteiger charge is 2.18. The minimum atomic E-state index is -0.0957. The molecule has 1 unspecified atom stereocenters. The average molecular weight is 375 g/mol. The van der Waals surface area contributed by atoms with Crippen molar-refractivity contribution < 1.29 is 0 Å². The van der Waals surface area contributed by atoms with Gasteiger partial charge in [0.25, 0.3) is 5.56 Å². The molecule has 4 rings (SSSR count). The molecule has 0 spiro atoms. The predicted octanol–water partition coefficient (Wildman–Crippen LogP) is 3.92. The van der Waals surface area contributed by atoms with Crippen LogP contribution in [0.15, 0.2) is 41.2 Å². The lowest BCUT2D eigenvalue weighted by Gasteiger charge is -2.13. The molecule has 0 saturated carbocycles. The van der Waals surface area contributed by atoms with Gasteiger partial charge in [-0.15, -0.1) is 0 Å². The summed E-state index contributed by atoms with van der Waals surface area (Å²) in [5.74, 6) is 0.0737. The molecule has 3 aromatic heterocycles. The summed E-state index contributed by atoms with van der Waals surface area (Å²) in [6.07, 6.45) is 0. The number of nitrogens with one attached hydrogen (secondary N) is 1. The first-order chi connectivity index (χ1) is 13.4. The Morgan fingerprint density at radius 2 is 1.79 bits per heavy atom. The van der Waals surface area contributed by atoms with Crippen LogP contribution in [-0.4, -0.2) is 24.4 Å². The Bertz CT molecular complexity index is 1210. The van der Waals surface area contributed by atoms with Gasteiger partial charge in [0, 0.05) is 29.8 Å². The van der Waals surface area contributed by atoms with Crippen LogP contribution in [0.4, 0.5) is 0 Å². The van der Waals surface area contributed by atoms with Crippen molar-refractivity contribution in [3.8, 4) is 11.3 Å². The molecule has 0 aliphatic carbocycles. The summed E-state index contributed by atoms with van der Waals surface area (Å²) in [6, 6.07) is 11.6. The lowest BCUT2D eigenvalue weighted by molar-refractivity contribution is 0.520. The minimum Gasteiger partial charge on any atom is -0.289 e. The van der Waals surface area contributed by atoms with Crippen molar-refractivity contribution in [2.75, 3.05) is 0 Å². The molecule has 1 N–H and O–H groups in total. The Kier molecular flexibility index (Phi) is 4.41. The number of fused-ring (bicyclic) bond motifs is 1. The number of aromatic amines is 1. The van der Waals surface area contributed by atoms with Crippen molar-refractivity contribution in [2.45, 2.75) is 47.1 Å². The number of nitrogens with zero attached hydrogens (tertiary/aromatic N) is 4. The average Bonchev–Trinajstić information content (AvgIpc) is 3.15. The van der Waals surface area contributed by atoms with E-state index >= 15 is 0 Å². The van der Waals surface area contributed by atoms with Crippen LogP contribution < -0.4 is 5.56 Å². The van der Waals surface area contributed by atoms with Crippen LogP contribution in [0.3, 0.4) is 0 Å². The summed E-state index contributed by atoms with van der Waals surface area (Å²) in [7, 11) is 0. The number of aromatic nitrogens is 5. The molecule has 4 aromatic rings. The highest BCUT2D eigenvalue weighted by atomic mass is 16.1. The number of hydrogen-bond donors (Lipinski definition) is 1. The van der Waals surface area contributed by atoms with E-state index in [9.17, 15) is 4.79 Å². The van der Waals surface area contributed by atoms with Crippen molar-refractivity contribution in [3.05, 3.63) is 75.0 Å². The van der Waals surface area contributed by atoms with Gasteiger partial charge in [-0.25, -0.2) is 9.50 Å². The molecule has 1 atom stereocenters. The molecule has 6 nitrogen and oxygen atoms in total. The van der Waals surface area contributed by atoms with Crippen molar-refractivity contribution in [2.24, 2.45) is 0 Å². The van der Waals surface area contributed by atoms with E-state index in [-0.39, 0.29) is 11.5 Å². The first kappa shape index (κ1) is 18.2. The van der Waals surface area contributed by atoms with Crippen LogP contribution in [0.5, 0.6) is 0 Å². The van der Waals surface area contributed by atoms with Gasteiger partial charge >= 0.3 is 0 Å². The molecule has 3 heterocycles. The van der Waals surface area contributed by atoms with Crippen LogP contribution in [0.1, 0.15) is 41.1 Å². The topological polar surface area (TPSA) is 68.0 Å². The predicted molar refractivity (Wildman–Crippen MR) is 111 cm³/mol. The molecule has 0 aliphatic rings. The molecule has 1 aromatic carbocycles. The maximum atomic E-state index is 12.7. The van der Waals surface area contributed by atoms with E-state index in [1.807, 2.05) is 48.9 Å². The van der Waals surface area contributed by atoms with E-state index in [0.717, 1.165) is 33.9 Å². The fourth-order valence-electron chi connectivity index (χ4n) is 3.62. The summed E-state index contributed by atoms with van der Waals surface area (Å²) in [6.45, 7) is 11.0. The Labute approximate surface area is 163 Å². The highest BCUT2D eigenvalue weighted by Crippen LogP contribution is 2.25. The number of aryl methyl sites for hydroxylation is 2. The zero-order valence-electron chi connectivity index (χ0n) is 16.9. The number of benzene rings is 1. The Morgan fingerprint density at radius 3 is 2.43 bits per heavy atom. The molecular formula is C22H25N5O. The summed E-state index contributed by atoms with van der Waals surface area (Å²) in [5.41, 5.74) is 7.72. The van der Waals surface area contributed by atoms with Gasteiger partial charge in [-0.2, -0.15) is 5.10 Å². The molecule has 0 bridgehead atoms. The Morgan fingerprint density at radius 1 is 1.07 bits per heavy atom. The quantitative estimate of drug-likeness (QED) is 0.588. The fourth-order valence-corrected chi connectivity index (χ4v) is 3.62. The van der Waals surface area contributed by atoms with Crippen molar-refractivity contribution >= 4 is 5.65 Å². The molecule has 28 heavy (non-hydrogen) atoms. The molecule has 0 fully saturated rings. The van der Waals surface area contributed by atoms with Crippen LogP contribution in [-0.2, 0) is 6.54 Å². The highest BCUT2D eigenvalue weighted by molar-refractivity contribution is 5.70. The smallest absolute Gasteiger partial charge is 0.272 e. The van der Waals surface area contributed by atoms with Gasteiger partial charge in [0.05, 0.1) is 17.1 Å². The van der Waals surface area contributed by atoms with E-state index in [4.69, 9.17) is 4.98 Å². The maximum Gasteiger partial charge on any atom is 0.272 e. The van der Waals surface area contributed by atoms with Gasteiger partial charge in [-0.1, -0.05) is 37.3 Å². The molecule has 0 amide bonds. The number of H-pyrrole nitrogens is 1. The molecule has 144 valence electrons. The maximum absolute atomic E-state index is 12.7. The first-order valence-corrected chi connectivity index (χ1v) is 9.55. The van der Waals surface area contributed by atoms with E-state index in [2.05, 4.69) is 31.0 Å². The number of rotatable bonds is 4. The zero-order chi connectivity index (χ0) is 20.0. The largest absolute Gasteiger partial charge is 0.289 e. The first-order valence-electron chi connectivity index (χ1n) is 9.55. The van der Waals surface area contributed by atoms with Crippen LogP contribution >= 0.6 is 0 Å². The van der Waals surface area contributed by atoms with E-state index in [1.165, 1.54) is 10.1 Å². The second kappa shape index (κ2) is 6.78. The van der Waals surface area contributed by atoms with Crippen LogP contribution in [0.2, 0.25) is 0 Å². The SMILES string of the molecule is Cc1nn(CC(C)c2cc(=O)n3[nH]c(-c4ccccc4)c(C)c3n2)c(C)c1C. The van der Waals surface area contributed by atoms with Crippen molar-refractivity contribution in [3.63, 3.8) is 0 Å². The minimum absolute atomic E-state index is 0.0737. The van der Waals surface area contributed by atoms with E-state index < -0.39 is 0 Å². The van der Waals surface area contributed by atoms with Crippen LogP contribution in [0, 0.1) is 27.7 Å². The molecular weight excluding hydrogens is 350 g/mol. The lowest BCUT2D eigenvalue weighted by Crippen LogP contribution is -2.18. The summed E-state index contributed by atoms with van der Waals surface area (Å²) >= 11 is 0. The van der Waals surface area contributed by atoms with Gasteiger partial charge < -0.3 is 0 Å². The van der Waals surface area contributed by atoms with Gasteiger partial charge in [0.2, 0.25) is 0 Å². The second-order valence-electron chi connectivity index (χ2n) is 7.54. The van der Waals surface area contributed by atoms with Gasteiger partial charge in [0.15, 0.2) is 5.65 Å². The van der Waals surface area contributed by atoms with Gasteiger partial charge in [-0.3, -0.25) is 14.6 Å². The Balaban J connectivity index is 1.75. The number of hydrogen-bond acceptors (Lipinski definition) is 3. The van der Waals surface area contributed by atoms with E-state index in [1.54, 1.807) is 6.07 Å². The normalized spacial score (nSPS) is 12.6. The third kappa shape index (κ3) is 2.95. The third-order valence-electron chi connectivity index (χ3n) is 5.63. The van der Waals surface area contributed by atoms with Gasteiger partial charge in [-0.05, 0) is 38.8 Å². The molecule has 0 saturated heterocycles. The van der Waals surface area contributed by atoms with Crippen molar-refractivity contribution in [1.29, 1.82) is 0 Å². The second-order valence-corrected chi connectivity index (χ2v) is 7.54. The molecule has 0 radical (unpaired) electrons. The fraction of sp³-hybridized carbons (Fsp3) is 0.318.